The van der Waals surface area contributed by atoms with Crippen molar-refractivity contribution in [3.63, 3.8) is 0 Å². The van der Waals surface area contributed by atoms with Gasteiger partial charge in [-0.1, -0.05) is 13.0 Å². The summed E-state index contributed by atoms with van der Waals surface area (Å²) < 4.78 is 21.9. The molecule has 2 aliphatic heterocycles. The second-order valence-corrected chi connectivity index (χ2v) is 11.9. The molecule has 0 bridgehead atoms. The highest BCUT2D eigenvalue weighted by Crippen LogP contribution is 2.35. The highest BCUT2D eigenvalue weighted by Gasteiger charge is 2.45. The Kier molecular flexibility index (Phi) is 8.72. The SMILES string of the molecule is CCC(C)n1ncn(-c2ccc(N3CCN(c4ccc(OC[C@@H]5CO[C@@](Cn6nccn6)(c6ccccn6)O5)cc4)CC3)cc2)c1=O. The molecule has 0 aliphatic carbocycles. The summed E-state index contributed by atoms with van der Waals surface area (Å²) in [5.41, 5.74) is 3.68. The molecule has 13 nitrogen and oxygen atoms in total. The minimum absolute atomic E-state index is 0.0702. The fourth-order valence-electron chi connectivity index (χ4n) is 6.00. The second kappa shape index (κ2) is 13.4. The van der Waals surface area contributed by atoms with E-state index in [1.165, 1.54) is 0 Å². The molecule has 3 atom stereocenters. The summed E-state index contributed by atoms with van der Waals surface area (Å²) in [4.78, 5) is 23.6. The molecule has 3 aromatic heterocycles. The largest absolute Gasteiger partial charge is 0.491 e. The predicted octanol–water partition coefficient (Wildman–Crippen LogP) is 3.67. The van der Waals surface area contributed by atoms with Gasteiger partial charge in [0, 0.05) is 43.8 Å². The van der Waals surface area contributed by atoms with Crippen LogP contribution in [0.2, 0.25) is 0 Å². The zero-order valence-electron chi connectivity index (χ0n) is 26.6. The van der Waals surface area contributed by atoms with Crippen LogP contribution in [0.5, 0.6) is 5.75 Å². The molecule has 0 N–H and O–H groups in total. The smallest absolute Gasteiger partial charge is 0.350 e. The number of aromatic nitrogens is 7. The van der Waals surface area contributed by atoms with Gasteiger partial charge in [-0.05, 0) is 74.0 Å². The van der Waals surface area contributed by atoms with Crippen LogP contribution in [-0.2, 0) is 21.8 Å². The number of anilines is 2. The van der Waals surface area contributed by atoms with Gasteiger partial charge in [-0.25, -0.2) is 14.0 Å². The molecule has 7 rings (SSSR count). The molecule has 2 fully saturated rings. The van der Waals surface area contributed by atoms with Gasteiger partial charge in [-0.15, -0.1) is 0 Å². The molecule has 2 saturated heterocycles. The van der Waals surface area contributed by atoms with Gasteiger partial charge in [0.05, 0.1) is 30.7 Å². The molecule has 5 heterocycles. The fourth-order valence-corrected chi connectivity index (χ4v) is 6.00. The molecular weight excluding hydrogens is 598 g/mol. The first-order valence-corrected chi connectivity index (χ1v) is 16.1. The predicted molar refractivity (Wildman–Crippen MR) is 176 cm³/mol. The van der Waals surface area contributed by atoms with Crippen LogP contribution in [-0.4, -0.2) is 79.8 Å². The third kappa shape index (κ3) is 6.49. The van der Waals surface area contributed by atoms with Crippen molar-refractivity contribution in [2.45, 2.75) is 44.7 Å². The minimum atomic E-state index is -1.08. The molecule has 0 amide bonds. The lowest BCUT2D eigenvalue weighted by molar-refractivity contribution is -0.195. The lowest BCUT2D eigenvalue weighted by Crippen LogP contribution is -2.46. The zero-order valence-corrected chi connectivity index (χ0v) is 26.6. The van der Waals surface area contributed by atoms with Crippen molar-refractivity contribution in [1.29, 1.82) is 0 Å². The average molecular weight is 638 g/mol. The van der Waals surface area contributed by atoms with Gasteiger partial charge < -0.3 is 24.0 Å². The zero-order chi connectivity index (χ0) is 32.2. The van der Waals surface area contributed by atoms with Crippen molar-refractivity contribution in [2.75, 3.05) is 49.2 Å². The number of ether oxygens (including phenoxy) is 3. The number of pyridine rings is 1. The quantitative estimate of drug-likeness (QED) is 0.212. The first-order valence-electron chi connectivity index (χ1n) is 16.1. The van der Waals surface area contributed by atoms with Crippen molar-refractivity contribution in [3.8, 4) is 11.4 Å². The summed E-state index contributed by atoms with van der Waals surface area (Å²) >= 11 is 0. The first-order chi connectivity index (χ1) is 23.0. The maximum absolute atomic E-state index is 12.8. The average Bonchev–Trinajstić information content (AvgIpc) is 3.89. The van der Waals surface area contributed by atoms with Crippen LogP contribution in [0, 0.1) is 0 Å². The Balaban J connectivity index is 0.913. The molecule has 0 saturated carbocycles. The van der Waals surface area contributed by atoms with E-state index < -0.39 is 5.79 Å². The van der Waals surface area contributed by atoms with Gasteiger partial charge in [-0.2, -0.15) is 20.1 Å². The summed E-state index contributed by atoms with van der Waals surface area (Å²) in [6, 6.07) is 22.1. The Bertz CT molecular complexity index is 1780. The Morgan fingerprint density at radius 3 is 2.17 bits per heavy atom. The van der Waals surface area contributed by atoms with Gasteiger partial charge >= 0.3 is 5.69 Å². The van der Waals surface area contributed by atoms with E-state index in [0.717, 1.165) is 55.4 Å². The van der Waals surface area contributed by atoms with Crippen LogP contribution < -0.4 is 20.2 Å². The monoisotopic (exact) mass is 637 g/mol. The molecule has 0 spiro atoms. The van der Waals surface area contributed by atoms with Crippen molar-refractivity contribution >= 4 is 11.4 Å². The summed E-state index contributed by atoms with van der Waals surface area (Å²) in [6.07, 6.45) is 7.15. The number of piperazine rings is 1. The Morgan fingerprint density at radius 1 is 0.872 bits per heavy atom. The second-order valence-electron chi connectivity index (χ2n) is 11.9. The summed E-state index contributed by atoms with van der Waals surface area (Å²) in [5.74, 6) is -0.312. The molecule has 47 heavy (non-hydrogen) atoms. The van der Waals surface area contributed by atoms with E-state index in [1.807, 2.05) is 49.4 Å². The van der Waals surface area contributed by atoms with Crippen LogP contribution >= 0.6 is 0 Å². The Morgan fingerprint density at radius 2 is 1.53 bits per heavy atom. The van der Waals surface area contributed by atoms with Gasteiger partial charge in [0.15, 0.2) is 0 Å². The molecule has 2 aliphatic rings. The fraction of sp³-hybridized carbons (Fsp3) is 0.382. The van der Waals surface area contributed by atoms with Gasteiger partial charge in [-0.3, -0.25) is 4.98 Å². The van der Waals surface area contributed by atoms with E-state index in [-0.39, 0.29) is 24.4 Å². The topological polar surface area (TPSA) is 118 Å². The maximum Gasteiger partial charge on any atom is 0.350 e. The van der Waals surface area contributed by atoms with Crippen molar-refractivity contribution in [1.82, 2.24) is 34.3 Å². The van der Waals surface area contributed by atoms with Crippen molar-refractivity contribution in [2.24, 2.45) is 0 Å². The van der Waals surface area contributed by atoms with Crippen molar-refractivity contribution in [3.05, 3.63) is 108 Å². The van der Waals surface area contributed by atoms with Gasteiger partial charge in [0.2, 0.25) is 5.79 Å². The summed E-state index contributed by atoms with van der Waals surface area (Å²) in [5, 5.41) is 12.8. The maximum atomic E-state index is 12.8. The third-order valence-electron chi connectivity index (χ3n) is 8.84. The first kappa shape index (κ1) is 30.6. The highest BCUT2D eigenvalue weighted by atomic mass is 16.8. The van der Waals surface area contributed by atoms with E-state index in [2.05, 4.69) is 61.3 Å². The molecule has 1 unspecified atom stereocenters. The summed E-state index contributed by atoms with van der Waals surface area (Å²) in [6.45, 7) is 8.64. The van der Waals surface area contributed by atoms with Crippen molar-refractivity contribution < 1.29 is 14.2 Å². The van der Waals surface area contributed by atoms with E-state index in [4.69, 9.17) is 14.2 Å². The molecule has 244 valence electrons. The van der Waals surface area contributed by atoms with Crippen LogP contribution in [0.4, 0.5) is 11.4 Å². The third-order valence-corrected chi connectivity index (χ3v) is 8.84. The Labute approximate surface area is 272 Å². The van der Waals surface area contributed by atoms with Crippen LogP contribution in [0.3, 0.4) is 0 Å². The molecule has 13 heteroatoms. The van der Waals surface area contributed by atoms with Crippen LogP contribution in [0.1, 0.15) is 32.0 Å². The van der Waals surface area contributed by atoms with E-state index in [1.54, 1.807) is 39.0 Å². The number of hydrogen-bond donors (Lipinski definition) is 0. The molecular formula is C34H39N9O4. The molecule has 5 aromatic rings. The van der Waals surface area contributed by atoms with Crippen LogP contribution in [0.15, 0.2) is 96.4 Å². The minimum Gasteiger partial charge on any atom is -0.491 e. The van der Waals surface area contributed by atoms with E-state index in [0.29, 0.717) is 18.9 Å². The lowest BCUT2D eigenvalue weighted by atomic mass is 10.1. The normalized spacial score (nSPS) is 20.4. The number of nitrogens with zero attached hydrogens (tertiary/aromatic N) is 9. The van der Waals surface area contributed by atoms with Gasteiger partial charge in [0.1, 0.15) is 37.0 Å². The highest BCUT2D eigenvalue weighted by molar-refractivity contribution is 5.54. The van der Waals surface area contributed by atoms with Crippen LogP contribution in [0.25, 0.3) is 5.69 Å². The molecule has 0 radical (unpaired) electrons. The van der Waals surface area contributed by atoms with Gasteiger partial charge in [0.25, 0.3) is 0 Å². The number of rotatable bonds is 11. The van der Waals surface area contributed by atoms with E-state index >= 15 is 0 Å². The number of benzene rings is 2. The lowest BCUT2D eigenvalue weighted by Gasteiger charge is -2.37. The Hall–Kier alpha value is -5.01. The standard InChI is InChI=1S/C34H39N9O4/c1-3-26(2)43-33(44)41(25-38-43)29-9-7-27(8-10-29)39-18-20-40(21-19-39)28-11-13-30(14-12-28)45-22-31-23-46-34(47-31,24-42-36-16-17-37-42)32-6-4-5-15-35-32/h4-17,25-26,31H,3,18-24H2,1-2H3/t26?,31-,34-/m1/s1. The van der Waals surface area contributed by atoms with E-state index in [9.17, 15) is 4.79 Å². The summed E-state index contributed by atoms with van der Waals surface area (Å²) in [7, 11) is 0. The number of hydrogen-bond acceptors (Lipinski definition) is 10. The molecule has 2 aromatic carbocycles.